The number of hydrogen-bond donors (Lipinski definition) is 0. The number of carbonyl (C=O) groups is 2. The van der Waals surface area contributed by atoms with Crippen molar-refractivity contribution in [1.29, 1.82) is 0 Å². The summed E-state index contributed by atoms with van der Waals surface area (Å²) in [6.45, 7) is 14.3. The molecular formula is C45H77NO5. The lowest BCUT2D eigenvalue weighted by atomic mass is 9.79. The quantitative estimate of drug-likeness (QED) is 0.114. The van der Waals surface area contributed by atoms with Gasteiger partial charge >= 0.3 is 11.9 Å². The van der Waals surface area contributed by atoms with Crippen molar-refractivity contribution in [3.8, 4) is 0 Å². The van der Waals surface area contributed by atoms with Gasteiger partial charge in [0.15, 0.2) is 0 Å². The maximum absolute atomic E-state index is 13.2. The van der Waals surface area contributed by atoms with E-state index < -0.39 is 0 Å². The Bertz CT molecular complexity index is 964. The average molecular weight is 712 g/mol. The Balaban J connectivity index is 2.03. The number of cyclic esters (lactones) is 2. The van der Waals surface area contributed by atoms with Gasteiger partial charge in [-0.05, 0) is 80.7 Å². The molecule has 2 heterocycles. The fourth-order valence-electron chi connectivity index (χ4n) is 7.91. The van der Waals surface area contributed by atoms with E-state index in [0.717, 1.165) is 115 Å². The summed E-state index contributed by atoms with van der Waals surface area (Å²) in [5.74, 6) is 0.486. The van der Waals surface area contributed by atoms with Crippen LogP contribution in [0.2, 0.25) is 0 Å². The molecule has 0 N–H and O–H groups in total. The molecule has 292 valence electrons. The molecule has 2 saturated heterocycles. The lowest BCUT2D eigenvalue weighted by Crippen LogP contribution is -2.36. The monoisotopic (exact) mass is 712 g/mol. The summed E-state index contributed by atoms with van der Waals surface area (Å²) in [5.41, 5.74) is 10.0. The van der Waals surface area contributed by atoms with Gasteiger partial charge < -0.3 is 14.2 Å². The first-order chi connectivity index (χ1) is 25.1. The molecule has 0 amide bonds. The second-order valence-corrected chi connectivity index (χ2v) is 15.4. The Morgan fingerprint density at radius 2 is 1.12 bits per heavy atom. The molecular weight excluding hydrogens is 634 g/mol. The van der Waals surface area contributed by atoms with Crippen LogP contribution in [0.15, 0.2) is 29.3 Å². The van der Waals surface area contributed by atoms with E-state index in [-0.39, 0.29) is 23.8 Å². The second-order valence-electron chi connectivity index (χ2n) is 15.4. The molecule has 2 fully saturated rings. The van der Waals surface area contributed by atoms with Gasteiger partial charge in [0.05, 0.1) is 39.3 Å². The maximum Gasteiger partial charge on any atom is 0.306 e. The van der Waals surface area contributed by atoms with E-state index >= 15 is 0 Å². The van der Waals surface area contributed by atoms with Crippen LogP contribution in [0.3, 0.4) is 0 Å². The summed E-state index contributed by atoms with van der Waals surface area (Å²) >= 11 is 0. The van der Waals surface area contributed by atoms with Crippen molar-refractivity contribution in [2.24, 2.45) is 17.8 Å². The average Bonchev–Trinajstić information content (AvgIpc) is 3.13. The van der Waals surface area contributed by atoms with Gasteiger partial charge in [0, 0.05) is 13.1 Å². The zero-order chi connectivity index (χ0) is 36.6. The third-order valence-electron chi connectivity index (χ3n) is 11.0. The minimum atomic E-state index is -0.144. The number of nitrogens with zero attached hydrogens (tertiary/aromatic N) is 1. The number of carbonyl (C=O) groups excluding carboxylic acids is 2. The van der Waals surface area contributed by atoms with Gasteiger partial charge in [0.25, 0.3) is 0 Å². The van der Waals surface area contributed by atoms with Crippen LogP contribution in [-0.4, -0.2) is 62.9 Å². The van der Waals surface area contributed by atoms with Crippen LogP contribution in [-0.2, 0) is 23.8 Å². The lowest BCUT2D eigenvalue weighted by molar-refractivity contribution is -0.145. The summed E-state index contributed by atoms with van der Waals surface area (Å²) in [4.78, 5) is 29.0. The first kappa shape index (κ1) is 45.1. The van der Waals surface area contributed by atoms with E-state index in [9.17, 15) is 9.59 Å². The van der Waals surface area contributed by atoms with E-state index in [1.165, 1.54) is 83.6 Å². The highest BCUT2D eigenvalue weighted by Gasteiger charge is 2.28. The first-order valence-corrected chi connectivity index (χ1v) is 21.6. The molecule has 6 nitrogen and oxygen atoms in total. The van der Waals surface area contributed by atoms with Crippen molar-refractivity contribution in [2.45, 2.75) is 181 Å². The molecule has 0 aliphatic carbocycles. The van der Waals surface area contributed by atoms with Gasteiger partial charge in [-0.25, -0.2) is 0 Å². The Hall–Kier alpha value is -2.06. The smallest absolute Gasteiger partial charge is 0.306 e. The van der Waals surface area contributed by atoms with Crippen LogP contribution >= 0.6 is 0 Å². The van der Waals surface area contributed by atoms with E-state index in [2.05, 4.69) is 42.5 Å². The summed E-state index contributed by atoms with van der Waals surface area (Å²) < 4.78 is 17.2. The zero-order valence-corrected chi connectivity index (χ0v) is 33.3. The number of allylic oxidation sites excluding steroid dienone is 1. The molecule has 2 rings (SSSR count). The zero-order valence-electron chi connectivity index (χ0n) is 33.3. The standard InChI is InChI=1S/C45H77NO5/c1-4-7-18-28-41-38-44(47)50-34-22-16-12-10-14-20-25-40(27-24-31-46-32-36-49-37-33-46)26-21-15-11-13-17-23-35-51-45(48)39-42(29-19-8-5-2)43(41)30-9-6-3/h40-42H,3-5,7-8,10-29,31-39H2,1-2H3. The van der Waals surface area contributed by atoms with Crippen molar-refractivity contribution in [3.63, 3.8) is 0 Å². The van der Waals surface area contributed by atoms with Crippen molar-refractivity contribution < 1.29 is 23.8 Å². The normalized spacial score (nSPS) is 24.0. The summed E-state index contributed by atoms with van der Waals surface area (Å²) in [6, 6.07) is 0. The third kappa shape index (κ3) is 23.3. The summed E-state index contributed by atoms with van der Waals surface area (Å²) in [5, 5.41) is 0. The van der Waals surface area contributed by atoms with E-state index in [1.54, 1.807) is 0 Å². The molecule has 0 aromatic rings. The SMILES string of the molecule is C=C=C=C=C1C(CCCCC)CC(=O)OCCCCCCCCC(CCCN2CCOCC2)CCCCCCCCOC(=O)CC1CCCCC. The molecule has 2 unspecified atom stereocenters. The number of unbranched alkanes of at least 4 members (excludes halogenated alkanes) is 4. The van der Waals surface area contributed by atoms with Crippen LogP contribution in [0.5, 0.6) is 0 Å². The fraction of sp³-hybridized carbons (Fsp3) is 0.844. The first-order valence-electron chi connectivity index (χ1n) is 21.6. The molecule has 2 aliphatic rings. The van der Waals surface area contributed by atoms with Crippen molar-refractivity contribution in [3.05, 3.63) is 29.3 Å². The van der Waals surface area contributed by atoms with E-state index in [1.807, 2.05) is 0 Å². The number of morpholine rings is 1. The van der Waals surface area contributed by atoms with Gasteiger partial charge in [-0.3, -0.25) is 14.5 Å². The molecule has 0 aromatic heterocycles. The Morgan fingerprint density at radius 3 is 1.61 bits per heavy atom. The molecule has 0 saturated carbocycles. The van der Waals surface area contributed by atoms with Crippen LogP contribution in [0, 0.1) is 17.8 Å². The van der Waals surface area contributed by atoms with E-state index in [4.69, 9.17) is 14.2 Å². The van der Waals surface area contributed by atoms with Crippen LogP contribution in [0.4, 0.5) is 0 Å². The topological polar surface area (TPSA) is 65.1 Å². The largest absolute Gasteiger partial charge is 0.466 e. The Kier molecular flexibility index (Phi) is 27.8. The van der Waals surface area contributed by atoms with Crippen molar-refractivity contribution in [2.75, 3.05) is 46.1 Å². The van der Waals surface area contributed by atoms with Crippen LogP contribution in [0.25, 0.3) is 0 Å². The van der Waals surface area contributed by atoms with Gasteiger partial charge in [-0.15, -0.1) is 0 Å². The summed E-state index contributed by atoms with van der Waals surface area (Å²) in [6.07, 6.45) is 28.6. The van der Waals surface area contributed by atoms with Gasteiger partial charge in [-0.2, -0.15) is 0 Å². The van der Waals surface area contributed by atoms with Gasteiger partial charge in [0.2, 0.25) is 0 Å². The minimum absolute atomic E-state index is 0.0360. The summed E-state index contributed by atoms with van der Waals surface area (Å²) in [7, 11) is 0. The molecule has 2 atom stereocenters. The second kappa shape index (κ2) is 31.5. The number of esters is 2. The lowest BCUT2D eigenvalue weighted by Gasteiger charge is -2.27. The highest BCUT2D eigenvalue weighted by molar-refractivity contribution is 5.71. The maximum atomic E-state index is 13.2. The highest BCUT2D eigenvalue weighted by Crippen LogP contribution is 2.34. The number of ether oxygens (including phenoxy) is 3. The molecule has 2 aliphatic heterocycles. The molecule has 0 radical (unpaired) electrons. The van der Waals surface area contributed by atoms with Crippen LogP contribution < -0.4 is 0 Å². The van der Waals surface area contributed by atoms with Crippen molar-refractivity contribution in [1.82, 2.24) is 4.90 Å². The van der Waals surface area contributed by atoms with E-state index in [0.29, 0.717) is 26.1 Å². The Morgan fingerprint density at radius 1 is 0.627 bits per heavy atom. The molecule has 0 aromatic carbocycles. The minimum Gasteiger partial charge on any atom is -0.466 e. The van der Waals surface area contributed by atoms with Crippen LogP contribution in [0.1, 0.15) is 181 Å². The highest BCUT2D eigenvalue weighted by atomic mass is 16.5. The van der Waals surface area contributed by atoms with Crippen molar-refractivity contribution >= 4 is 11.9 Å². The molecule has 0 spiro atoms. The number of hydrogen-bond acceptors (Lipinski definition) is 6. The van der Waals surface area contributed by atoms with Gasteiger partial charge in [0.1, 0.15) is 0 Å². The predicted molar refractivity (Wildman–Crippen MR) is 211 cm³/mol. The molecule has 6 heteroatoms. The fourth-order valence-corrected chi connectivity index (χ4v) is 7.91. The predicted octanol–water partition coefficient (Wildman–Crippen LogP) is 11.5. The van der Waals surface area contributed by atoms with Gasteiger partial charge in [-0.1, -0.05) is 141 Å². The molecule has 0 bridgehead atoms. The third-order valence-corrected chi connectivity index (χ3v) is 11.0. The number of rotatable bonds is 12. The molecule has 51 heavy (non-hydrogen) atoms. The Labute approximate surface area is 313 Å².